The van der Waals surface area contributed by atoms with E-state index in [0.717, 1.165) is 102 Å². The van der Waals surface area contributed by atoms with Crippen LogP contribution in [0.25, 0.3) is 5.57 Å². The molecule has 0 spiro atoms. The third-order valence-corrected chi connectivity index (χ3v) is 13.6. The fourth-order valence-corrected chi connectivity index (χ4v) is 9.37. The van der Waals surface area contributed by atoms with E-state index in [1.807, 2.05) is 4.72 Å². The van der Waals surface area contributed by atoms with Crippen LogP contribution in [-0.2, 0) is 19.9 Å². The Labute approximate surface area is 307 Å². The number of sulfonamides is 1. The van der Waals surface area contributed by atoms with E-state index in [1.165, 1.54) is 34.4 Å². The first-order valence-corrected chi connectivity index (χ1v) is 20.4. The van der Waals surface area contributed by atoms with Crippen LogP contribution in [0.2, 0.25) is 0 Å². The number of allylic oxidation sites excluding steroid dienone is 1. The maximum absolute atomic E-state index is 13.9. The van der Waals surface area contributed by atoms with Gasteiger partial charge in [0, 0.05) is 44.0 Å². The lowest BCUT2D eigenvalue weighted by atomic mass is 9.72. The van der Waals surface area contributed by atoms with Gasteiger partial charge in [-0.1, -0.05) is 53.7 Å². The van der Waals surface area contributed by atoms with Crippen LogP contribution in [0.1, 0.15) is 54.6 Å². The van der Waals surface area contributed by atoms with Gasteiger partial charge in [0.25, 0.3) is 15.9 Å². The molecule has 1 heterocycles. The summed E-state index contributed by atoms with van der Waals surface area (Å²) in [4.78, 5) is 11.1. The Balaban J connectivity index is 1.24. The quantitative estimate of drug-likeness (QED) is 0.130. The van der Waals surface area contributed by atoms with Crippen LogP contribution < -0.4 is 13.0 Å². The fraction of sp³-hybridized carbons (Fsp3) is 0.382. The molecular weight excluding hydrogens is 823 g/mol. The Bertz CT molecular complexity index is 2000. The van der Waals surface area contributed by atoms with Gasteiger partial charge >= 0.3 is 5.00 Å². The molecule has 1 fully saturated rings. The summed E-state index contributed by atoms with van der Waals surface area (Å²) >= 11 is 1.02. The third kappa shape index (κ3) is 8.66. The Morgan fingerprint density at radius 3 is 2.18 bits per heavy atom. The highest BCUT2D eigenvalue weighted by molar-refractivity contribution is 14.1. The summed E-state index contributed by atoms with van der Waals surface area (Å²) in [5, 5.41) is 0. The lowest BCUT2D eigenvalue weighted by Gasteiger charge is -2.39. The summed E-state index contributed by atoms with van der Waals surface area (Å²) in [7, 11) is -9.41. The topological polar surface area (TPSA) is 107 Å². The van der Waals surface area contributed by atoms with Crippen molar-refractivity contribution in [3.63, 3.8) is 0 Å². The van der Waals surface area contributed by atoms with Crippen molar-refractivity contribution in [1.29, 1.82) is 0 Å². The van der Waals surface area contributed by atoms with Gasteiger partial charge in [-0.2, -0.15) is 8.78 Å². The van der Waals surface area contributed by atoms with Gasteiger partial charge in [0.2, 0.25) is 9.84 Å². The number of carbonyl (C=O) groups is 1. The van der Waals surface area contributed by atoms with Gasteiger partial charge in [-0.25, -0.2) is 21.6 Å². The largest absolute Gasteiger partial charge is 0.369 e. The van der Waals surface area contributed by atoms with E-state index in [9.17, 15) is 34.9 Å². The molecule has 16 heteroatoms. The molecule has 1 N–H and O–H groups in total. The summed E-state index contributed by atoms with van der Waals surface area (Å²) in [6.45, 7) is 10.9. The van der Waals surface area contributed by atoms with E-state index in [1.54, 1.807) is 12.1 Å². The van der Waals surface area contributed by atoms with Gasteiger partial charge in [-0.3, -0.25) is 9.69 Å². The van der Waals surface area contributed by atoms with Gasteiger partial charge in [0.05, 0.1) is 33.4 Å². The van der Waals surface area contributed by atoms with Gasteiger partial charge < -0.3 is 4.90 Å². The minimum absolute atomic E-state index is 0.00889. The van der Waals surface area contributed by atoms with Crippen molar-refractivity contribution in [2.45, 2.75) is 54.8 Å². The van der Waals surface area contributed by atoms with Crippen molar-refractivity contribution in [2.75, 3.05) is 41.0 Å². The van der Waals surface area contributed by atoms with Crippen LogP contribution >= 0.6 is 32.1 Å². The standard InChI is InChI=1S/C34H39F3IN4O5PS2/c1-23-4-6-24(7-5-23)29-14-15-33(2,3)21-26(29)22-40-16-18-41(19-17-40)27-10-8-25(9-11-27)32(43)39-50(46,47)28-12-13-30(42(37)38)31(20-28)49(44,45)34(35,36)48/h4-13,20H,14-19,21-22,48H2,1-3H3,(H,39,43). The number of carbonyl (C=O) groups excluding carboxylic acids is 1. The monoisotopic (exact) mass is 862 g/mol. The predicted octanol–water partition coefficient (Wildman–Crippen LogP) is 7.14. The van der Waals surface area contributed by atoms with Crippen LogP contribution in [0.15, 0.2) is 82.1 Å². The zero-order valence-corrected chi connectivity index (χ0v) is 32.7. The highest BCUT2D eigenvalue weighted by Crippen LogP contribution is 2.43. The maximum Gasteiger partial charge on any atom is 0.359 e. The molecule has 9 nitrogen and oxygen atoms in total. The molecule has 5 rings (SSSR count). The molecule has 0 bridgehead atoms. The number of hydrogen-bond donors (Lipinski definition) is 1. The molecule has 1 atom stereocenters. The lowest BCUT2D eigenvalue weighted by Crippen LogP contribution is -2.47. The average Bonchev–Trinajstić information content (AvgIpc) is 3.04. The molecule has 1 aliphatic carbocycles. The summed E-state index contributed by atoms with van der Waals surface area (Å²) in [6.07, 6.45) is 3.28. The maximum atomic E-state index is 13.9. The minimum Gasteiger partial charge on any atom is -0.369 e. The van der Waals surface area contributed by atoms with E-state index in [2.05, 4.69) is 54.8 Å². The average molecular weight is 863 g/mol. The number of sulfone groups is 1. The zero-order valence-electron chi connectivity index (χ0n) is 27.8. The molecule has 270 valence electrons. The predicted molar refractivity (Wildman–Crippen MR) is 201 cm³/mol. The Kier molecular flexibility index (Phi) is 11.3. The first kappa shape index (κ1) is 38.5. The van der Waals surface area contributed by atoms with E-state index in [-0.39, 0.29) is 14.3 Å². The molecule has 0 aromatic heterocycles. The summed E-state index contributed by atoms with van der Waals surface area (Å²) in [5.74, 6) is -1.01. The van der Waals surface area contributed by atoms with Crippen molar-refractivity contribution in [1.82, 2.24) is 9.62 Å². The minimum atomic E-state index is -5.51. The number of rotatable bonds is 10. The second kappa shape index (κ2) is 14.7. The van der Waals surface area contributed by atoms with Crippen LogP contribution in [0.3, 0.4) is 0 Å². The zero-order chi connectivity index (χ0) is 36.6. The molecule has 3 aromatic rings. The van der Waals surface area contributed by atoms with Gasteiger partial charge in [-0.05, 0) is 94.4 Å². The fourth-order valence-electron chi connectivity index (χ4n) is 6.33. The number of aryl methyl sites for hydroxylation is 1. The van der Waals surface area contributed by atoms with Crippen molar-refractivity contribution >= 4 is 74.8 Å². The normalized spacial score (nSPS) is 17.5. The second-order valence-electron chi connectivity index (χ2n) is 13.5. The van der Waals surface area contributed by atoms with Crippen LogP contribution in [-0.4, -0.2) is 65.4 Å². The van der Waals surface area contributed by atoms with Crippen LogP contribution in [0.4, 0.5) is 24.6 Å². The molecule has 0 radical (unpaired) electrons. The first-order valence-electron chi connectivity index (χ1n) is 15.9. The Morgan fingerprint density at radius 1 is 0.980 bits per heavy atom. The SMILES string of the molecule is Cc1ccc(C2=C(CN3CCN(c4ccc(C(=O)NS(=O)(=O)c5ccc(N(F)I)c(S(=O)(=O)C(F)(F)P)c5)cc4)CC3)CC(C)(C)CC2)cc1. The molecule has 1 unspecified atom stereocenters. The van der Waals surface area contributed by atoms with E-state index < -0.39 is 46.2 Å². The smallest absolute Gasteiger partial charge is 0.359 e. The molecule has 0 saturated carbocycles. The number of nitrogens with zero attached hydrogens (tertiary/aromatic N) is 3. The highest BCUT2D eigenvalue weighted by atomic mass is 127. The van der Waals surface area contributed by atoms with E-state index in [4.69, 9.17) is 0 Å². The molecular formula is C34H39F3IN4O5PS2. The van der Waals surface area contributed by atoms with E-state index in [0.29, 0.717) is 6.07 Å². The molecule has 3 aromatic carbocycles. The van der Waals surface area contributed by atoms with Crippen LogP contribution in [0.5, 0.6) is 0 Å². The molecule has 1 saturated heterocycles. The van der Waals surface area contributed by atoms with Gasteiger partial charge in [-0.15, -0.1) is 3.34 Å². The number of halogens is 4. The number of anilines is 2. The molecule has 50 heavy (non-hydrogen) atoms. The lowest BCUT2D eigenvalue weighted by molar-refractivity contribution is 0.0981. The summed E-state index contributed by atoms with van der Waals surface area (Å²) in [6, 6.07) is 17.1. The second-order valence-corrected chi connectivity index (χ2v) is 19.1. The van der Waals surface area contributed by atoms with Gasteiger partial charge in [0.15, 0.2) is 0 Å². The Morgan fingerprint density at radius 2 is 1.60 bits per heavy atom. The number of hydrogen-bond acceptors (Lipinski definition) is 8. The van der Waals surface area contributed by atoms with Crippen LogP contribution in [0, 0.1) is 12.3 Å². The molecule has 2 aliphatic rings. The highest BCUT2D eigenvalue weighted by Gasteiger charge is 2.44. The first-order chi connectivity index (χ1) is 23.3. The Hall–Kier alpha value is -2.72. The van der Waals surface area contributed by atoms with Crippen molar-refractivity contribution in [3.8, 4) is 0 Å². The third-order valence-electron chi connectivity index (χ3n) is 9.15. The van der Waals surface area contributed by atoms with Crippen molar-refractivity contribution < 1.29 is 34.9 Å². The number of piperazine rings is 1. The molecule has 1 aliphatic heterocycles. The summed E-state index contributed by atoms with van der Waals surface area (Å²) in [5.41, 5.74) is 5.82. The number of alkyl halides is 2. The summed E-state index contributed by atoms with van der Waals surface area (Å²) < 4.78 is 94.1. The van der Waals surface area contributed by atoms with Crippen molar-refractivity contribution in [3.05, 3.63) is 89.0 Å². The number of amides is 1. The number of nitrogens with one attached hydrogen (secondary N) is 1. The van der Waals surface area contributed by atoms with Crippen molar-refractivity contribution in [2.24, 2.45) is 5.41 Å². The number of benzene rings is 3. The van der Waals surface area contributed by atoms with Gasteiger partial charge in [0.1, 0.15) is 4.90 Å². The van der Waals surface area contributed by atoms with E-state index >= 15 is 0 Å². The molecule has 1 amide bonds.